The Bertz CT molecular complexity index is 870. The molecule has 1 heterocycles. The zero-order chi connectivity index (χ0) is 19.9. The number of para-hydroxylation sites is 1. The van der Waals surface area contributed by atoms with Crippen LogP contribution in [0.25, 0.3) is 0 Å². The van der Waals surface area contributed by atoms with Crippen LogP contribution in [-0.4, -0.2) is 42.0 Å². The van der Waals surface area contributed by atoms with Crippen LogP contribution in [0.2, 0.25) is 0 Å². The lowest BCUT2D eigenvalue weighted by Gasteiger charge is -2.30. The molecule has 144 valence electrons. The molecule has 5 amide bonds. The van der Waals surface area contributed by atoms with Gasteiger partial charge in [0.2, 0.25) is 11.8 Å². The second kappa shape index (κ2) is 8.81. The van der Waals surface area contributed by atoms with Crippen LogP contribution in [-0.2, 0) is 20.7 Å². The van der Waals surface area contributed by atoms with Gasteiger partial charge in [-0.3, -0.25) is 25.1 Å². The molecule has 0 aromatic heterocycles. The summed E-state index contributed by atoms with van der Waals surface area (Å²) in [6.45, 7) is -0.338. The SMILES string of the molecule is O=C(Nc1ccccc1)OCCN1C(=O)NC(=O)C(Cc2ccccc2)C1=O. The van der Waals surface area contributed by atoms with Gasteiger partial charge in [0.15, 0.2) is 0 Å². The fourth-order valence-corrected chi connectivity index (χ4v) is 2.81. The van der Waals surface area contributed by atoms with Gasteiger partial charge < -0.3 is 4.74 Å². The van der Waals surface area contributed by atoms with Crippen LogP contribution in [0, 0.1) is 5.92 Å². The molecule has 0 aliphatic carbocycles. The van der Waals surface area contributed by atoms with Crippen LogP contribution in [0.1, 0.15) is 5.56 Å². The quantitative estimate of drug-likeness (QED) is 0.746. The van der Waals surface area contributed by atoms with Crippen LogP contribution in [0.4, 0.5) is 15.3 Å². The maximum atomic E-state index is 12.6. The van der Waals surface area contributed by atoms with E-state index in [1.807, 2.05) is 24.3 Å². The van der Waals surface area contributed by atoms with Gasteiger partial charge in [-0.25, -0.2) is 9.59 Å². The molecule has 1 aliphatic rings. The van der Waals surface area contributed by atoms with Crippen LogP contribution in [0.15, 0.2) is 60.7 Å². The Hall–Kier alpha value is -3.68. The third-order valence-electron chi connectivity index (χ3n) is 4.21. The number of urea groups is 1. The van der Waals surface area contributed by atoms with Crippen molar-refractivity contribution in [2.45, 2.75) is 6.42 Å². The fourth-order valence-electron chi connectivity index (χ4n) is 2.81. The van der Waals surface area contributed by atoms with Crippen molar-refractivity contribution in [3.05, 3.63) is 66.2 Å². The zero-order valence-electron chi connectivity index (χ0n) is 15.0. The van der Waals surface area contributed by atoms with E-state index in [-0.39, 0.29) is 19.6 Å². The van der Waals surface area contributed by atoms with E-state index < -0.39 is 29.9 Å². The lowest BCUT2D eigenvalue weighted by atomic mass is 9.95. The largest absolute Gasteiger partial charge is 0.447 e. The first-order valence-corrected chi connectivity index (χ1v) is 8.73. The number of imide groups is 2. The molecule has 1 fully saturated rings. The summed E-state index contributed by atoms with van der Waals surface area (Å²) in [4.78, 5) is 49.4. The highest BCUT2D eigenvalue weighted by Gasteiger charge is 2.40. The van der Waals surface area contributed by atoms with Gasteiger partial charge in [0, 0.05) is 5.69 Å². The van der Waals surface area contributed by atoms with Gasteiger partial charge in [-0.05, 0) is 24.1 Å². The van der Waals surface area contributed by atoms with E-state index in [0.29, 0.717) is 5.69 Å². The van der Waals surface area contributed by atoms with Gasteiger partial charge >= 0.3 is 12.1 Å². The Morgan fingerprint density at radius 2 is 1.64 bits per heavy atom. The minimum atomic E-state index is -1.00. The summed E-state index contributed by atoms with van der Waals surface area (Å²) in [6.07, 6.45) is -0.516. The predicted octanol–water partition coefficient (Wildman–Crippen LogP) is 2.17. The second-order valence-electron chi connectivity index (χ2n) is 6.15. The summed E-state index contributed by atoms with van der Waals surface area (Å²) < 4.78 is 5.02. The molecule has 0 spiro atoms. The summed E-state index contributed by atoms with van der Waals surface area (Å²) in [6, 6.07) is 17.0. The molecule has 1 saturated heterocycles. The van der Waals surface area contributed by atoms with Crippen molar-refractivity contribution in [3.63, 3.8) is 0 Å². The topological polar surface area (TPSA) is 105 Å². The molecule has 0 bridgehead atoms. The van der Waals surface area contributed by atoms with Crippen LogP contribution in [0.5, 0.6) is 0 Å². The minimum Gasteiger partial charge on any atom is -0.447 e. The number of benzene rings is 2. The zero-order valence-corrected chi connectivity index (χ0v) is 15.0. The Morgan fingerprint density at radius 1 is 1.00 bits per heavy atom. The van der Waals surface area contributed by atoms with Crippen molar-refractivity contribution in [3.8, 4) is 0 Å². The van der Waals surface area contributed by atoms with E-state index in [0.717, 1.165) is 10.5 Å². The van der Waals surface area contributed by atoms with E-state index >= 15 is 0 Å². The molecule has 28 heavy (non-hydrogen) atoms. The molecule has 3 rings (SSSR count). The first kappa shape index (κ1) is 19.1. The highest BCUT2D eigenvalue weighted by molar-refractivity contribution is 6.16. The predicted molar refractivity (Wildman–Crippen MR) is 100 cm³/mol. The number of ether oxygens (including phenoxy) is 1. The third-order valence-corrected chi connectivity index (χ3v) is 4.21. The van der Waals surface area contributed by atoms with Crippen molar-refractivity contribution in [2.75, 3.05) is 18.5 Å². The molecule has 2 aromatic carbocycles. The van der Waals surface area contributed by atoms with Crippen molar-refractivity contribution in [1.29, 1.82) is 0 Å². The average Bonchev–Trinajstić information content (AvgIpc) is 2.69. The number of nitrogens with zero attached hydrogens (tertiary/aromatic N) is 1. The summed E-state index contributed by atoms with van der Waals surface area (Å²) in [5, 5.41) is 4.71. The number of barbiturate groups is 1. The number of anilines is 1. The van der Waals surface area contributed by atoms with Crippen molar-refractivity contribution < 1.29 is 23.9 Å². The maximum Gasteiger partial charge on any atom is 0.411 e. The van der Waals surface area contributed by atoms with E-state index in [2.05, 4.69) is 10.6 Å². The normalized spacial score (nSPS) is 16.5. The van der Waals surface area contributed by atoms with Gasteiger partial charge in [-0.2, -0.15) is 0 Å². The molecule has 2 N–H and O–H groups in total. The van der Waals surface area contributed by atoms with E-state index in [1.54, 1.807) is 36.4 Å². The van der Waals surface area contributed by atoms with E-state index in [4.69, 9.17) is 4.74 Å². The monoisotopic (exact) mass is 381 g/mol. The molecular weight excluding hydrogens is 362 g/mol. The number of nitrogens with one attached hydrogen (secondary N) is 2. The molecule has 0 radical (unpaired) electrons. The number of rotatable bonds is 6. The lowest BCUT2D eigenvalue weighted by molar-refractivity contribution is -0.142. The summed E-state index contributed by atoms with van der Waals surface area (Å²) in [7, 11) is 0. The highest BCUT2D eigenvalue weighted by Crippen LogP contribution is 2.16. The summed E-state index contributed by atoms with van der Waals surface area (Å²) in [5.74, 6) is -2.24. The van der Waals surface area contributed by atoms with Crippen LogP contribution < -0.4 is 10.6 Å². The molecular formula is C20H19N3O5. The van der Waals surface area contributed by atoms with Crippen LogP contribution >= 0.6 is 0 Å². The third kappa shape index (κ3) is 4.73. The number of amides is 5. The van der Waals surface area contributed by atoms with Crippen LogP contribution in [0.3, 0.4) is 0 Å². The first-order valence-electron chi connectivity index (χ1n) is 8.73. The molecule has 1 unspecified atom stereocenters. The number of carbonyl (C=O) groups excluding carboxylic acids is 4. The minimum absolute atomic E-state index is 0.147. The lowest BCUT2D eigenvalue weighted by Crippen LogP contribution is -2.59. The van der Waals surface area contributed by atoms with Gasteiger partial charge in [-0.1, -0.05) is 48.5 Å². The van der Waals surface area contributed by atoms with Crippen molar-refractivity contribution >= 4 is 29.6 Å². The second-order valence-corrected chi connectivity index (χ2v) is 6.15. The van der Waals surface area contributed by atoms with E-state index in [1.165, 1.54) is 0 Å². The standard InChI is InChI=1S/C20H19N3O5/c24-17-16(13-14-7-3-1-4-8-14)18(25)23(19(26)22-17)11-12-28-20(27)21-15-9-5-2-6-10-15/h1-10,16H,11-13H2,(H,21,27)(H,22,24,26). The molecule has 8 heteroatoms. The van der Waals surface area contributed by atoms with Gasteiger partial charge in [-0.15, -0.1) is 0 Å². The molecule has 1 atom stereocenters. The smallest absolute Gasteiger partial charge is 0.411 e. The van der Waals surface area contributed by atoms with E-state index in [9.17, 15) is 19.2 Å². The van der Waals surface area contributed by atoms with Gasteiger partial charge in [0.05, 0.1) is 6.54 Å². The first-order chi connectivity index (χ1) is 13.5. The molecule has 0 saturated carbocycles. The average molecular weight is 381 g/mol. The highest BCUT2D eigenvalue weighted by atomic mass is 16.5. The number of hydrogen-bond donors (Lipinski definition) is 2. The van der Waals surface area contributed by atoms with Crippen molar-refractivity contribution in [1.82, 2.24) is 10.2 Å². The molecule has 2 aromatic rings. The summed E-state index contributed by atoms with van der Waals surface area (Å²) >= 11 is 0. The fraction of sp³-hybridized carbons (Fsp3) is 0.200. The molecule has 1 aliphatic heterocycles. The number of hydrogen-bond acceptors (Lipinski definition) is 5. The Balaban J connectivity index is 1.55. The Kier molecular flexibility index (Phi) is 6.01. The van der Waals surface area contributed by atoms with Crippen molar-refractivity contribution in [2.24, 2.45) is 5.92 Å². The van der Waals surface area contributed by atoms with Gasteiger partial charge in [0.25, 0.3) is 0 Å². The summed E-state index contributed by atoms with van der Waals surface area (Å²) in [5.41, 5.74) is 1.37. The maximum absolute atomic E-state index is 12.6. The Morgan fingerprint density at radius 3 is 2.32 bits per heavy atom. The van der Waals surface area contributed by atoms with Gasteiger partial charge in [0.1, 0.15) is 12.5 Å². The Labute approximate surface area is 161 Å². The number of carbonyl (C=O) groups is 4. The molecule has 8 nitrogen and oxygen atoms in total.